The highest BCUT2D eigenvalue weighted by Crippen LogP contribution is 2.46. The molecule has 0 saturated carbocycles. The third kappa shape index (κ3) is 2.92. The average Bonchev–Trinajstić information content (AvgIpc) is 2.81. The van der Waals surface area contributed by atoms with Gasteiger partial charge in [0.1, 0.15) is 11.9 Å². The van der Waals surface area contributed by atoms with Crippen molar-refractivity contribution in [2.75, 3.05) is 5.73 Å². The number of halogens is 1. The first kappa shape index (κ1) is 17.7. The smallest absolute Gasteiger partial charge is 0.127 e. The second-order valence-corrected chi connectivity index (χ2v) is 6.76. The number of nitrogens with two attached hydrogens (primary N) is 1. The van der Waals surface area contributed by atoms with Crippen molar-refractivity contribution >= 4 is 18.1 Å². The molecule has 2 aromatic rings. The van der Waals surface area contributed by atoms with E-state index in [9.17, 15) is 0 Å². The van der Waals surface area contributed by atoms with Gasteiger partial charge < -0.3 is 10.5 Å². The van der Waals surface area contributed by atoms with Gasteiger partial charge in [-0.2, -0.15) is 0 Å². The molecule has 0 aromatic heterocycles. The van der Waals surface area contributed by atoms with E-state index < -0.39 is 0 Å². The Labute approximate surface area is 145 Å². The van der Waals surface area contributed by atoms with Gasteiger partial charge in [0.25, 0.3) is 0 Å². The quantitative estimate of drug-likeness (QED) is 0.753. The van der Waals surface area contributed by atoms with E-state index in [2.05, 4.69) is 65.0 Å². The zero-order valence-corrected chi connectivity index (χ0v) is 15.3. The molecule has 0 bridgehead atoms. The molecule has 0 aliphatic carbocycles. The SMILES string of the molecule is Cc1c(N)cc2c(c1C)O[C@@H](C)[C@H]2c1ccc(C(C)C)cc1.Cl. The zero-order valence-electron chi connectivity index (χ0n) is 14.5. The van der Waals surface area contributed by atoms with Gasteiger partial charge >= 0.3 is 0 Å². The van der Waals surface area contributed by atoms with E-state index in [0.717, 1.165) is 17.0 Å². The molecule has 0 radical (unpaired) electrons. The molecular formula is C20H26ClNO. The topological polar surface area (TPSA) is 35.2 Å². The Morgan fingerprint density at radius 3 is 2.22 bits per heavy atom. The Balaban J connectivity index is 0.00000192. The molecule has 124 valence electrons. The number of benzene rings is 2. The van der Waals surface area contributed by atoms with Crippen molar-refractivity contribution in [1.29, 1.82) is 0 Å². The fourth-order valence-electron chi connectivity index (χ4n) is 3.38. The minimum Gasteiger partial charge on any atom is -0.489 e. The van der Waals surface area contributed by atoms with Gasteiger partial charge in [0.2, 0.25) is 0 Å². The lowest BCUT2D eigenvalue weighted by atomic mass is 9.86. The summed E-state index contributed by atoms with van der Waals surface area (Å²) in [6.45, 7) is 10.7. The first-order valence-electron chi connectivity index (χ1n) is 8.06. The molecule has 1 aliphatic rings. The number of rotatable bonds is 2. The Hall–Kier alpha value is -1.67. The average molecular weight is 332 g/mol. The van der Waals surface area contributed by atoms with Gasteiger partial charge in [-0.15, -0.1) is 12.4 Å². The van der Waals surface area contributed by atoms with Crippen molar-refractivity contribution < 1.29 is 4.74 Å². The highest BCUT2D eigenvalue weighted by atomic mass is 35.5. The lowest BCUT2D eigenvalue weighted by Crippen LogP contribution is -2.15. The first-order valence-corrected chi connectivity index (χ1v) is 8.06. The van der Waals surface area contributed by atoms with Gasteiger partial charge in [0, 0.05) is 17.2 Å². The van der Waals surface area contributed by atoms with Crippen LogP contribution < -0.4 is 10.5 Å². The van der Waals surface area contributed by atoms with Crippen molar-refractivity contribution in [3.63, 3.8) is 0 Å². The molecule has 0 saturated heterocycles. The predicted octanol–water partition coefficient (Wildman–Crippen LogP) is 5.34. The molecule has 0 fully saturated rings. The summed E-state index contributed by atoms with van der Waals surface area (Å²) < 4.78 is 6.16. The molecule has 0 spiro atoms. The van der Waals surface area contributed by atoms with Crippen LogP contribution in [-0.4, -0.2) is 6.10 Å². The summed E-state index contributed by atoms with van der Waals surface area (Å²) >= 11 is 0. The van der Waals surface area contributed by atoms with Crippen LogP contribution in [0.5, 0.6) is 5.75 Å². The number of nitrogen functional groups attached to an aromatic ring is 1. The van der Waals surface area contributed by atoms with E-state index in [1.54, 1.807) is 0 Å². The Morgan fingerprint density at radius 2 is 1.65 bits per heavy atom. The van der Waals surface area contributed by atoms with Crippen LogP contribution in [-0.2, 0) is 0 Å². The minimum atomic E-state index is 0. The Morgan fingerprint density at radius 1 is 1.04 bits per heavy atom. The van der Waals surface area contributed by atoms with E-state index in [0.29, 0.717) is 5.92 Å². The molecule has 0 unspecified atom stereocenters. The minimum absolute atomic E-state index is 0. The first-order chi connectivity index (χ1) is 10.4. The van der Waals surface area contributed by atoms with Crippen LogP contribution in [0.15, 0.2) is 30.3 Å². The second-order valence-electron chi connectivity index (χ2n) is 6.76. The van der Waals surface area contributed by atoms with Gasteiger partial charge in [-0.05, 0) is 55.0 Å². The number of fused-ring (bicyclic) bond motifs is 1. The van der Waals surface area contributed by atoms with Gasteiger partial charge in [0.05, 0.1) is 0 Å². The van der Waals surface area contributed by atoms with Crippen LogP contribution in [0.25, 0.3) is 0 Å². The maximum Gasteiger partial charge on any atom is 0.127 e. The molecule has 2 N–H and O–H groups in total. The maximum absolute atomic E-state index is 6.19. The largest absolute Gasteiger partial charge is 0.489 e. The number of hydrogen-bond donors (Lipinski definition) is 1. The summed E-state index contributed by atoms with van der Waals surface area (Å²) in [7, 11) is 0. The fraction of sp³-hybridized carbons (Fsp3) is 0.400. The monoisotopic (exact) mass is 331 g/mol. The second kappa shape index (κ2) is 6.45. The summed E-state index contributed by atoms with van der Waals surface area (Å²) in [5.74, 6) is 1.84. The molecule has 23 heavy (non-hydrogen) atoms. The summed E-state index contributed by atoms with van der Waals surface area (Å²) in [6.07, 6.45) is 0.139. The Kier molecular flexibility index (Phi) is 4.95. The molecule has 3 rings (SSSR count). The molecule has 3 heteroatoms. The number of ether oxygens (including phenoxy) is 1. The molecule has 2 nitrogen and oxygen atoms in total. The highest BCUT2D eigenvalue weighted by Gasteiger charge is 2.34. The third-order valence-electron chi connectivity index (χ3n) is 4.98. The van der Waals surface area contributed by atoms with Crippen LogP contribution in [0.4, 0.5) is 5.69 Å². The number of anilines is 1. The molecule has 0 amide bonds. The van der Waals surface area contributed by atoms with E-state index >= 15 is 0 Å². The maximum atomic E-state index is 6.19. The summed E-state index contributed by atoms with van der Waals surface area (Å²) in [4.78, 5) is 0. The molecule has 1 aliphatic heterocycles. The highest BCUT2D eigenvalue weighted by molar-refractivity contribution is 5.85. The zero-order chi connectivity index (χ0) is 16.0. The van der Waals surface area contributed by atoms with Gasteiger partial charge in [-0.1, -0.05) is 38.1 Å². The van der Waals surface area contributed by atoms with Crippen molar-refractivity contribution in [2.24, 2.45) is 0 Å². The molecule has 1 heterocycles. The van der Waals surface area contributed by atoms with Crippen molar-refractivity contribution in [3.05, 3.63) is 58.1 Å². The summed E-state index contributed by atoms with van der Waals surface area (Å²) in [6, 6.07) is 11.0. The van der Waals surface area contributed by atoms with E-state index in [4.69, 9.17) is 10.5 Å². The summed E-state index contributed by atoms with van der Waals surface area (Å²) in [5.41, 5.74) is 13.2. The fourth-order valence-corrected chi connectivity index (χ4v) is 3.38. The molecule has 2 aromatic carbocycles. The van der Waals surface area contributed by atoms with Crippen LogP contribution in [0.1, 0.15) is 60.4 Å². The molecule has 2 atom stereocenters. The summed E-state index contributed by atoms with van der Waals surface area (Å²) in [5, 5.41) is 0. The van der Waals surface area contributed by atoms with Crippen molar-refractivity contribution in [1.82, 2.24) is 0 Å². The molecular weight excluding hydrogens is 306 g/mol. The van der Waals surface area contributed by atoms with Crippen LogP contribution in [0.2, 0.25) is 0 Å². The van der Waals surface area contributed by atoms with Crippen LogP contribution in [0.3, 0.4) is 0 Å². The lowest BCUT2D eigenvalue weighted by molar-refractivity contribution is 0.237. The van der Waals surface area contributed by atoms with Crippen LogP contribution >= 0.6 is 12.4 Å². The number of hydrogen-bond acceptors (Lipinski definition) is 2. The Bertz CT molecular complexity index is 707. The van der Waals surface area contributed by atoms with Crippen LogP contribution in [0, 0.1) is 13.8 Å². The van der Waals surface area contributed by atoms with Gasteiger partial charge in [-0.3, -0.25) is 0 Å². The third-order valence-corrected chi connectivity index (χ3v) is 4.98. The van der Waals surface area contributed by atoms with Gasteiger partial charge in [0.15, 0.2) is 0 Å². The van der Waals surface area contributed by atoms with Crippen molar-refractivity contribution in [2.45, 2.75) is 52.6 Å². The standard InChI is InChI=1S/C20H25NO.ClH/c1-11(2)15-6-8-16(9-7-15)19-14(5)22-20-13(4)12(3)18(21)10-17(19)20;/h6-11,14,19H,21H2,1-5H3;1H/t14-,19-;/m0./s1. The van der Waals surface area contributed by atoms with Gasteiger partial charge in [-0.25, -0.2) is 0 Å². The van der Waals surface area contributed by atoms with E-state index in [1.165, 1.54) is 22.3 Å². The van der Waals surface area contributed by atoms with E-state index in [1.807, 2.05) is 0 Å². The lowest BCUT2D eigenvalue weighted by Gasteiger charge is -2.17. The van der Waals surface area contributed by atoms with E-state index in [-0.39, 0.29) is 24.4 Å². The van der Waals surface area contributed by atoms with Crippen molar-refractivity contribution in [3.8, 4) is 5.75 Å². The normalized spacial score (nSPS) is 19.2. The predicted molar refractivity (Wildman–Crippen MR) is 100 cm³/mol.